The second-order valence-electron chi connectivity index (χ2n) is 12.6. The van der Waals surface area contributed by atoms with Crippen LogP contribution in [0.1, 0.15) is 0 Å². The third kappa shape index (κ3) is 5.34. The fourth-order valence-corrected chi connectivity index (χ4v) is 7.25. The number of nitrogens with zero attached hydrogens (tertiary/aromatic N) is 2. The number of hydrogen-bond acceptors (Lipinski definition) is 2. The maximum Gasteiger partial charge on any atom is 0.0547 e. The molecular weight excluding hydrogens is 605 g/mol. The molecule has 0 spiro atoms. The van der Waals surface area contributed by atoms with Crippen LogP contribution in [0.2, 0.25) is 0 Å². The largest absolute Gasteiger partial charge is 0.310 e. The third-order valence-corrected chi connectivity index (χ3v) is 9.57. The highest BCUT2D eigenvalue weighted by atomic mass is 15.2. The molecule has 0 aliphatic rings. The maximum absolute atomic E-state index is 2.43. The Morgan fingerprint density at radius 2 is 0.820 bits per heavy atom. The van der Waals surface area contributed by atoms with E-state index in [0.717, 1.165) is 34.1 Å². The number of benzene rings is 9. The Kier molecular flexibility index (Phi) is 7.53. The SMILES string of the molecule is c1ccc(-c2ccccc2N(c2ccccc2)c2cc3ccccc3c3ccc(N(c4ccccc4)c4ccc5ccccc5c4)cc23)cc1. The van der Waals surface area contributed by atoms with Crippen LogP contribution in [-0.2, 0) is 0 Å². The molecule has 0 amide bonds. The van der Waals surface area contributed by atoms with Gasteiger partial charge >= 0.3 is 0 Å². The van der Waals surface area contributed by atoms with Gasteiger partial charge in [0.2, 0.25) is 0 Å². The highest BCUT2D eigenvalue weighted by molar-refractivity contribution is 6.16. The van der Waals surface area contributed by atoms with Crippen LogP contribution in [0, 0.1) is 0 Å². The average molecular weight is 639 g/mol. The molecule has 0 aromatic heterocycles. The van der Waals surface area contributed by atoms with E-state index >= 15 is 0 Å². The second-order valence-corrected chi connectivity index (χ2v) is 12.6. The molecule has 0 radical (unpaired) electrons. The summed E-state index contributed by atoms with van der Waals surface area (Å²) in [6, 6.07) is 74.2. The van der Waals surface area contributed by atoms with Crippen LogP contribution < -0.4 is 9.80 Å². The molecule has 0 atom stereocenters. The van der Waals surface area contributed by atoms with Crippen LogP contribution in [0.5, 0.6) is 0 Å². The van der Waals surface area contributed by atoms with Crippen molar-refractivity contribution in [3.8, 4) is 11.1 Å². The molecule has 0 N–H and O–H groups in total. The summed E-state index contributed by atoms with van der Waals surface area (Å²) in [5.41, 5.74) is 9.04. The van der Waals surface area contributed by atoms with Gasteiger partial charge in [-0.25, -0.2) is 0 Å². The smallest absolute Gasteiger partial charge is 0.0547 e. The zero-order chi connectivity index (χ0) is 33.3. The highest BCUT2D eigenvalue weighted by Crippen LogP contribution is 2.47. The van der Waals surface area contributed by atoms with Crippen molar-refractivity contribution in [2.75, 3.05) is 9.80 Å². The van der Waals surface area contributed by atoms with Gasteiger partial charge in [0.15, 0.2) is 0 Å². The minimum absolute atomic E-state index is 1.10. The second kappa shape index (κ2) is 12.8. The van der Waals surface area contributed by atoms with Gasteiger partial charge in [0, 0.05) is 33.7 Å². The molecule has 50 heavy (non-hydrogen) atoms. The van der Waals surface area contributed by atoms with Crippen molar-refractivity contribution < 1.29 is 0 Å². The Morgan fingerprint density at radius 1 is 0.260 bits per heavy atom. The predicted molar refractivity (Wildman–Crippen MR) is 214 cm³/mol. The Balaban J connectivity index is 1.34. The molecule has 0 aliphatic carbocycles. The lowest BCUT2D eigenvalue weighted by molar-refractivity contribution is 1.28. The fourth-order valence-electron chi connectivity index (χ4n) is 7.25. The first kappa shape index (κ1) is 29.5. The first-order valence-corrected chi connectivity index (χ1v) is 17.1. The number of rotatable bonds is 7. The summed E-state index contributed by atoms with van der Waals surface area (Å²) in [5, 5.41) is 7.27. The topological polar surface area (TPSA) is 6.48 Å². The van der Waals surface area contributed by atoms with Crippen LogP contribution in [0.3, 0.4) is 0 Å². The number of para-hydroxylation sites is 3. The van der Waals surface area contributed by atoms with Gasteiger partial charge in [-0.15, -0.1) is 0 Å². The van der Waals surface area contributed by atoms with Crippen molar-refractivity contribution in [3.63, 3.8) is 0 Å². The van der Waals surface area contributed by atoms with Gasteiger partial charge in [0.1, 0.15) is 0 Å². The lowest BCUT2D eigenvalue weighted by Gasteiger charge is -2.30. The predicted octanol–water partition coefficient (Wildman–Crippen LogP) is 13.8. The van der Waals surface area contributed by atoms with E-state index in [0.29, 0.717) is 0 Å². The number of hydrogen-bond donors (Lipinski definition) is 0. The van der Waals surface area contributed by atoms with E-state index < -0.39 is 0 Å². The molecule has 9 aromatic rings. The molecule has 9 aromatic carbocycles. The maximum atomic E-state index is 2.43. The molecule has 0 fully saturated rings. The van der Waals surface area contributed by atoms with Crippen molar-refractivity contribution in [2.45, 2.75) is 0 Å². The molecule has 0 saturated heterocycles. The van der Waals surface area contributed by atoms with Gasteiger partial charge in [-0.1, -0.05) is 146 Å². The molecule has 2 nitrogen and oxygen atoms in total. The van der Waals surface area contributed by atoms with Crippen LogP contribution in [0.4, 0.5) is 34.1 Å². The Bertz CT molecular complexity index is 2600. The van der Waals surface area contributed by atoms with Crippen molar-refractivity contribution >= 4 is 66.4 Å². The van der Waals surface area contributed by atoms with Crippen molar-refractivity contribution in [2.24, 2.45) is 0 Å². The van der Waals surface area contributed by atoms with Gasteiger partial charge in [0.05, 0.1) is 11.4 Å². The summed E-state index contributed by atoms with van der Waals surface area (Å²) in [4.78, 5) is 4.80. The van der Waals surface area contributed by atoms with Crippen LogP contribution in [0.15, 0.2) is 206 Å². The highest BCUT2D eigenvalue weighted by Gasteiger charge is 2.22. The summed E-state index contributed by atoms with van der Waals surface area (Å²) >= 11 is 0. The monoisotopic (exact) mass is 638 g/mol. The Morgan fingerprint density at radius 3 is 1.58 bits per heavy atom. The van der Waals surface area contributed by atoms with Crippen molar-refractivity contribution in [1.82, 2.24) is 0 Å². The Labute approximate surface area is 292 Å². The zero-order valence-electron chi connectivity index (χ0n) is 27.5. The van der Waals surface area contributed by atoms with Gasteiger partial charge in [-0.05, 0) is 93.2 Å². The fraction of sp³-hybridized carbons (Fsp3) is 0. The Hall–Kier alpha value is -6.64. The summed E-state index contributed by atoms with van der Waals surface area (Å²) < 4.78 is 0. The molecule has 236 valence electrons. The van der Waals surface area contributed by atoms with E-state index in [4.69, 9.17) is 0 Å². The quantitative estimate of drug-likeness (QED) is 0.160. The molecule has 0 heterocycles. The normalized spacial score (nSPS) is 11.2. The minimum Gasteiger partial charge on any atom is -0.310 e. The number of anilines is 6. The number of fused-ring (bicyclic) bond motifs is 4. The van der Waals surface area contributed by atoms with E-state index in [1.165, 1.54) is 43.4 Å². The first-order chi connectivity index (χ1) is 24.8. The third-order valence-electron chi connectivity index (χ3n) is 9.57. The van der Waals surface area contributed by atoms with E-state index in [-0.39, 0.29) is 0 Å². The summed E-state index contributed by atoms with van der Waals surface area (Å²) in [6.07, 6.45) is 0. The van der Waals surface area contributed by atoms with E-state index in [1.807, 2.05) is 0 Å². The molecule has 2 heteroatoms. The minimum atomic E-state index is 1.10. The standard InChI is InChI=1S/C48H34N2/c1-4-17-36(18-5-1)44-26-14-15-27-47(44)50(40-23-8-3-9-24-40)48-33-38-20-12-13-25-43(38)45-31-30-42(34-46(45)48)49(39-21-6-2-7-22-39)41-29-28-35-16-10-11-19-37(35)32-41/h1-34H. The van der Waals surface area contributed by atoms with Gasteiger partial charge in [-0.3, -0.25) is 0 Å². The van der Waals surface area contributed by atoms with Crippen molar-refractivity contribution in [1.29, 1.82) is 0 Å². The van der Waals surface area contributed by atoms with Gasteiger partial charge in [-0.2, -0.15) is 0 Å². The molecule has 0 bridgehead atoms. The van der Waals surface area contributed by atoms with E-state index in [2.05, 4.69) is 216 Å². The summed E-state index contributed by atoms with van der Waals surface area (Å²) in [7, 11) is 0. The van der Waals surface area contributed by atoms with Gasteiger partial charge in [0.25, 0.3) is 0 Å². The van der Waals surface area contributed by atoms with Crippen LogP contribution in [0.25, 0.3) is 43.4 Å². The molecular formula is C48H34N2. The molecule has 0 saturated carbocycles. The molecule has 9 rings (SSSR count). The lowest BCUT2D eigenvalue weighted by atomic mass is 9.96. The van der Waals surface area contributed by atoms with Gasteiger partial charge < -0.3 is 9.80 Å². The van der Waals surface area contributed by atoms with E-state index in [1.54, 1.807) is 0 Å². The zero-order valence-corrected chi connectivity index (χ0v) is 27.5. The van der Waals surface area contributed by atoms with Crippen LogP contribution >= 0.6 is 0 Å². The lowest BCUT2D eigenvalue weighted by Crippen LogP contribution is -2.13. The van der Waals surface area contributed by atoms with Crippen molar-refractivity contribution in [3.05, 3.63) is 206 Å². The first-order valence-electron chi connectivity index (χ1n) is 17.1. The summed E-state index contributed by atoms with van der Waals surface area (Å²) in [6.45, 7) is 0. The summed E-state index contributed by atoms with van der Waals surface area (Å²) in [5.74, 6) is 0. The molecule has 0 unspecified atom stereocenters. The van der Waals surface area contributed by atoms with E-state index in [9.17, 15) is 0 Å². The van der Waals surface area contributed by atoms with Crippen LogP contribution in [-0.4, -0.2) is 0 Å². The average Bonchev–Trinajstić information content (AvgIpc) is 3.19. The molecule has 0 aliphatic heterocycles.